The number of carbonyl (C=O) groups excluding carboxylic acids is 1. The van der Waals surface area contributed by atoms with E-state index in [-0.39, 0.29) is 35.7 Å². The van der Waals surface area contributed by atoms with E-state index in [1.54, 1.807) is 19.2 Å². The van der Waals surface area contributed by atoms with Crippen LogP contribution in [-0.4, -0.2) is 32.0 Å². The number of amides is 1. The van der Waals surface area contributed by atoms with Crippen LogP contribution in [0.1, 0.15) is 28.4 Å². The summed E-state index contributed by atoms with van der Waals surface area (Å²) in [6.45, 7) is 3.73. The summed E-state index contributed by atoms with van der Waals surface area (Å²) in [4.78, 5) is 16.2. The summed E-state index contributed by atoms with van der Waals surface area (Å²) in [5.74, 6) is 0.286. The standard InChI is InChI=1S/C20H24BrFN4O.HI/c1-3-24-20(26-13-16-12-17(22)7-8-18(16)21)25-10-9-14-5-4-6-15(11-14)19(27)23-2;/h4-8,11-12H,3,9-10,13H2,1-2H3,(H,23,27)(H2,24,25,26);1H. The lowest BCUT2D eigenvalue weighted by atomic mass is 10.1. The van der Waals surface area contributed by atoms with Crippen molar-refractivity contribution in [3.63, 3.8) is 0 Å². The van der Waals surface area contributed by atoms with Gasteiger partial charge < -0.3 is 16.0 Å². The van der Waals surface area contributed by atoms with Crippen molar-refractivity contribution in [3.05, 3.63) is 69.4 Å². The summed E-state index contributed by atoms with van der Waals surface area (Å²) < 4.78 is 14.2. The van der Waals surface area contributed by atoms with Gasteiger partial charge in [-0.05, 0) is 54.8 Å². The second-order valence-corrected chi connectivity index (χ2v) is 6.74. The summed E-state index contributed by atoms with van der Waals surface area (Å²) in [5.41, 5.74) is 2.49. The third-order valence-corrected chi connectivity index (χ3v) is 4.66. The molecule has 152 valence electrons. The van der Waals surface area contributed by atoms with Crippen LogP contribution in [0.2, 0.25) is 0 Å². The number of benzene rings is 2. The Hall–Kier alpha value is -1.68. The van der Waals surface area contributed by atoms with Crippen molar-refractivity contribution in [1.82, 2.24) is 16.0 Å². The van der Waals surface area contributed by atoms with Crippen LogP contribution >= 0.6 is 39.9 Å². The molecule has 0 atom stereocenters. The Morgan fingerprint density at radius 1 is 1.18 bits per heavy atom. The molecule has 0 radical (unpaired) electrons. The van der Waals surface area contributed by atoms with Crippen molar-refractivity contribution < 1.29 is 9.18 Å². The number of nitrogens with zero attached hydrogens (tertiary/aromatic N) is 1. The zero-order valence-electron chi connectivity index (χ0n) is 15.9. The first kappa shape index (κ1) is 24.4. The lowest BCUT2D eigenvalue weighted by molar-refractivity contribution is 0.0963. The summed E-state index contributed by atoms with van der Waals surface area (Å²) in [6, 6.07) is 12.1. The van der Waals surface area contributed by atoms with Crippen LogP contribution in [0.15, 0.2) is 51.9 Å². The number of halogens is 3. The van der Waals surface area contributed by atoms with Crippen molar-refractivity contribution in [2.24, 2.45) is 4.99 Å². The fraction of sp³-hybridized carbons (Fsp3) is 0.300. The monoisotopic (exact) mass is 562 g/mol. The first-order chi connectivity index (χ1) is 13.0. The van der Waals surface area contributed by atoms with Crippen LogP contribution < -0.4 is 16.0 Å². The predicted octanol–water partition coefficient (Wildman–Crippen LogP) is 3.86. The Labute approximate surface area is 190 Å². The Balaban J connectivity index is 0.00000392. The average Bonchev–Trinajstić information content (AvgIpc) is 2.68. The lowest BCUT2D eigenvalue weighted by Crippen LogP contribution is -2.38. The van der Waals surface area contributed by atoms with E-state index in [0.717, 1.165) is 28.6 Å². The van der Waals surface area contributed by atoms with Crippen LogP contribution in [-0.2, 0) is 13.0 Å². The second kappa shape index (κ2) is 12.7. The number of carbonyl (C=O) groups is 1. The van der Waals surface area contributed by atoms with Gasteiger partial charge in [-0.2, -0.15) is 0 Å². The van der Waals surface area contributed by atoms with Crippen molar-refractivity contribution in [1.29, 1.82) is 0 Å². The Bertz CT molecular complexity index is 817. The first-order valence-electron chi connectivity index (χ1n) is 8.80. The number of hydrogen-bond acceptors (Lipinski definition) is 2. The van der Waals surface area contributed by atoms with Gasteiger partial charge in [-0.25, -0.2) is 9.38 Å². The number of hydrogen-bond donors (Lipinski definition) is 3. The maximum absolute atomic E-state index is 13.4. The fourth-order valence-corrected chi connectivity index (χ4v) is 2.88. The van der Waals surface area contributed by atoms with Gasteiger partial charge in [-0.1, -0.05) is 28.1 Å². The topological polar surface area (TPSA) is 65.5 Å². The quantitative estimate of drug-likeness (QED) is 0.273. The highest BCUT2D eigenvalue weighted by molar-refractivity contribution is 14.0. The van der Waals surface area contributed by atoms with Crippen LogP contribution in [0.25, 0.3) is 0 Å². The van der Waals surface area contributed by atoms with E-state index in [1.807, 2.05) is 25.1 Å². The summed E-state index contributed by atoms with van der Waals surface area (Å²) in [7, 11) is 1.62. The number of rotatable bonds is 7. The highest BCUT2D eigenvalue weighted by Crippen LogP contribution is 2.18. The van der Waals surface area contributed by atoms with Gasteiger partial charge in [0, 0.05) is 30.2 Å². The lowest BCUT2D eigenvalue weighted by Gasteiger charge is -2.12. The largest absolute Gasteiger partial charge is 0.357 e. The summed E-state index contributed by atoms with van der Waals surface area (Å²) >= 11 is 3.42. The maximum atomic E-state index is 13.4. The fourth-order valence-electron chi connectivity index (χ4n) is 2.51. The molecule has 5 nitrogen and oxygen atoms in total. The molecule has 0 aliphatic heterocycles. The van der Waals surface area contributed by atoms with E-state index in [1.165, 1.54) is 12.1 Å². The molecule has 0 aliphatic carbocycles. The molecule has 0 unspecified atom stereocenters. The maximum Gasteiger partial charge on any atom is 0.251 e. The number of guanidine groups is 1. The van der Waals surface area contributed by atoms with E-state index < -0.39 is 0 Å². The van der Waals surface area contributed by atoms with Gasteiger partial charge in [-0.15, -0.1) is 24.0 Å². The highest BCUT2D eigenvalue weighted by atomic mass is 127. The molecule has 3 N–H and O–H groups in total. The minimum absolute atomic E-state index is 0. The van der Waals surface area contributed by atoms with Crippen LogP contribution in [0, 0.1) is 5.82 Å². The normalized spacial score (nSPS) is 10.8. The van der Waals surface area contributed by atoms with Gasteiger partial charge in [0.2, 0.25) is 0 Å². The number of aliphatic imine (C=N–C) groups is 1. The molecule has 0 saturated carbocycles. The molecule has 0 spiro atoms. The van der Waals surface area contributed by atoms with E-state index in [2.05, 4.69) is 36.9 Å². The second-order valence-electron chi connectivity index (χ2n) is 5.89. The van der Waals surface area contributed by atoms with E-state index in [0.29, 0.717) is 24.6 Å². The van der Waals surface area contributed by atoms with Crippen LogP contribution in [0.4, 0.5) is 4.39 Å². The molecule has 0 aromatic heterocycles. The minimum Gasteiger partial charge on any atom is -0.357 e. The molecular weight excluding hydrogens is 538 g/mol. The zero-order valence-corrected chi connectivity index (χ0v) is 19.8. The van der Waals surface area contributed by atoms with Crippen LogP contribution in [0.3, 0.4) is 0 Å². The van der Waals surface area contributed by atoms with Gasteiger partial charge in [0.1, 0.15) is 5.82 Å². The van der Waals surface area contributed by atoms with E-state index in [4.69, 9.17) is 0 Å². The van der Waals surface area contributed by atoms with Crippen molar-refractivity contribution in [3.8, 4) is 0 Å². The molecule has 2 rings (SSSR count). The Morgan fingerprint density at radius 2 is 1.96 bits per heavy atom. The van der Waals surface area contributed by atoms with Crippen molar-refractivity contribution in [2.45, 2.75) is 19.9 Å². The number of nitrogens with one attached hydrogen (secondary N) is 3. The predicted molar refractivity (Wildman–Crippen MR) is 126 cm³/mol. The van der Waals surface area contributed by atoms with Crippen molar-refractivity contribution in [2.75, 3.05) is 20.1 Å². The van der Waals surface area contributed by atoms with E-state index >= 15 is 0 Å². The Morgan fingerprint density at radius 3 is 2.68 bits per heavy atom. The summed E-state index contributed by atoms with van der Waals surface area (Å²) in [6.07, 6.45) is 0.749. The smallest absolute Gasteiger partial charge is 0.251 e. The molecular formula is C20H25BrFIN4O. The van der Waals surface area contributed by atoms with Crippen molar-refractivity contribution >= 4 is 51.8 Å². The molecule has 0 bridgehead atoms. The average molecular weight is 563 g/mol. The third kappa shape index (κ3) is 7.75. The zero-order chi connectivity index (χ0) is 19.6. The molecule has 28 heavy (non-hydrogen) atoms. The molecule has 1 amide bonds. The SMILES string of the molecule is CCNC(=NCc1cc(F)ccc1Br)NCCc1cccc(C(=O)NC)c1.I. The first-order valence-corrected chi connectivity index (χ1v) is 9.60. The summed E-state index contributed by atoms with van der Waals surface area (Å²) in [5, 5.41) is 9.07. The van der Waals surface area contributed by atoms with E-state index in [9.17, 15) is 9.18 Å². The highest BCUT2D eigenvalue weighted by Gasteiger charge is 2.05. The molecule has 2 aromatic rings. The molecule has 0 fully saturated rings. The van der Waals surface area contributed by atoms with Gasteiger partial charge in [-0.3, -0.25) is 4.79 Å². The van der Waals surface area contributed by atoms with Gasteiger partial charge >= 0.3 is 0 Å². The third-order valence-electron chi connectivity index (χ3n) is 3.88. The minimum atomic E-state index is -0.280. The van der Waals surface area contributed by atoms with Crippen LogP contribution in [0.5, 0.6) is 0 Å². The van der Waals surface area contributed by atoms with Gasteiger partial charge in [0.05, 0.1) is 6.54 Å². The molecule has 0 heterocycles. The van der Waals surface area contributed by atoms with Gasteiger partial charge in [0.25, 0.3) is 5.91 Å². The van der Waals surface area contributed by atoms with Gasteiger partial charge in [0.15, 0.2) is 5.96 Å². The molecule has 0 saturated heterocycles. The Kier molecular flexibility index (Phi) is 11.1. The molecule has 2 aromatic carbocycles. The molecule has 0 aliphatic rings. The molecule has 8 heteroatoms.